The molecule has 2 aromatic carbocycles. The average Bonchev–Trinajstić information content (AvgIpc) is 3.25. The number of likely N-dealkylation sites (tertiary alicyclic amines) is 2. The van der Waals surface area contributed by atoms with E-state index in [1.807, 2.05) is 36.7 Å². The summed E-state index contributed by atoms with van der Waals surface area (Å²) in [6.07, 6.45) is 6.65. The molecule has 0 unspecified atom stereocenters. The minimum atomic E-state index is -0.128. The molecule has 0 aliphatic carbocycles. The average molecular weight is 509 g/mol. The van der Waals surface area contributed by atoms with E-state index in [0.29, 0.717) is 18.6 Å². The van der Waals surface area contributed by atoms with Crippen molar-refractivity contribution in [3.63, 3.8) is 0 Å². The number of piperidine rings is 1. The lowest BCUT2D eigenvalue weighted by atomic mass is 10.0. The molecular formula is C28H33ClN4OS. The Morgan fingerprint density at radius 1 is 1.00 bits per heavy atom. The molecule has 0 radical (unpaired) electrons. The molecule has 2 saturated heterocycles. The summed E-state index contributed by atoms with van der Waals surface area (Å²) in [7, 11) is 0. The number of fused-ring (bicyclic) bond motifs is 1. The SMILES string of the molecule is CC(C)N1CCC(N2CC[C@H](N(Cc3ccncc3)Sc3ccc4cc(Cl)ccc4c3)C2=O)CC1. The van der Waals surface area contributed by atoms with E-state index in [0.717, 1.165) is 65.2 Å². The van der Waals surface area contributed by atoms with Crippen molar-refractivity contribution in [3.8, 4) is 0 Å². The zero-order valence-corrected chi connectivity index (χ0v) is 22.0. The molecule has 1 amide bonds. The van der Waals surface area contributed by atoms with E-state index >= 15 is 0 Å². The number of nitrogens with zero attached hydrogens (tertiary/aromatic N) is 4. The van der Waals surface area contributed by atoms with Crippen molar-refractivity contribution in [3.05, 3.63) is 71.5 Å². The molecule has 0 N–H and O–H groups in total. The van der Waals surface area contributed by atoms with Crippen LogP contribution in [0, 0.1) is 0 Å². The van der Waals surface area contributed by atoms with Gasteiger partial charge in [0.1, 0.15) is 6.04 Å². The zero-order chi connectivity index (χ0) is 24.4. The van der Waals surface area contributed by atoms with E-state index in [-0.39, 0.29) is 11.9 Å². The third-order valence-electron chi connectivity index (χ3n) is 7.31. The van der Waals surface area contributed by atoms with Crippen molar-refractivity contribution >= 4 is 40.2 Å². The third kappa shape index (κ3) is 5.67. The van der Waals surface area contributed by atoms with E-state index in [1.165, 1.54) is 0 Å². The van der Waals surface area contributed by atoms with Crippen LogP contribution in [-0.4, -0.2) is 62.8 Å². The van der Waals surface area contributed by atoms with Gasteiger partial charge >= 0.3 is 0 Å². The first-order valence-electron chi connectivity index (χ1n) is 12.6. The molecule has 1 aromatic heterocycles. The summed E-state index contributed by atoms with van der Waals surface area (Å²) in [5.41, 5.74) is 1.16. The number of hydrogen-bond donors (Lipinski definition) is 0. The van der Waals surface area contributed by atoms with Gasteiger partial charge in [-0.1, -0.05) is 23.7 Å². The van der Waals surface area contributed by atoms with Gasteiger partial charge in [0.05, 0.1) is 0 Å². The van der Waals surface area contributed by atoms with Crippen LogP contribution in [0.1, 0.15) is 38.7 Å². The summed E-state index contributed by atoms with van der Waals surface area (Å²) in [5.74, 6) is 0.280. The summed E-state index contributed by atoms with van der Waals surface area (Å²) in [4.78, 5) is 23.7. The Labute approximate surface area is 217 Å². The van der Waals surface area contributed by atoms with E-state index in [1.54, 1.807) is 11.9 Å². The van der Waals surface area contributed by atoms with Gasteiger partial charge in [-0.15, -0.1) is 0 Å². The molecule has 184 valence electrons. The van der Waals surface area contributed by atoms with Crippen LogP contribution in [0.4, 0.5) is 0 Å². The first kappa shape index (κ1) is 24.6. The number of benzene rings is 2. The molecule has 0 saturated carbocycles. The molecular weight excluding hydrogens is 476 g/mol. The van der Waals surface area contributed by atoms with Gasteiger partial charge in [0.15, 0.2) is 0 Å². The van der Waals surface area contributed by atoms with Crippen molar-refractivity contribution in [1.29, 1.82) is 0 Å². The highest BCUT2D eigenvalue weighted by Crippen LogP contribution is 2.35. The van der Waals surface area contributed by atoms with Gasteiger partial charge in [0.2, 0.25) is 5.91 Å². The molecule has 2 aliphatic heterocycles. The summed E-state index contributed by atoms with van der Waals surface area (Å²) < 4.78 is 2.28. The number of aromatic nitrogens is 1. The monoisotopic (exact) mass is 508 g/mol. The maximum Gasteiger partial charge on any atom is 0.241 e. The maximum absolute atomic E-state index is 13.7. The molecule has 0 bridgehead atoms. The molecule has 35 heavy (non-hydrogen) atoms. The predicted octanol–water partition coefficient (Wildman–Crippen LogP) is 5.87. The van der Waals surface area contributed by atoms with E-state index in [9.17, 15) is 4.79 Å². The van der Waals surface area contributed by atoms with Crippen molar-refractivity contribution < 1.29 is 4.79 Å². The van der Waals surface area contributed by atoms with Crippen LogP contribution in [0.2, 0.25) is 5.02 Å². The Bertz CT molecular complexity index is 1170. The van der Waals surface area contributed by atoms with Gasteiger partial charge in [-0.3, -0.25) is 9.78 Å². The van der Waals surface area contributed by atoms with Gasteiger partial charge in [-0.05, 0) is 97.8 Å². The molecule has 0 spiro atoms. The summed E-state index contributed by atoms with van der Waals surface area (Å²) >= 11 is 7.85. The number of hydrogen-bond acceptors (Lipinski definition) is 5. The lowest BCUT2D eigenvalue weighted by Gasteiger charge is -2.38. The van der Waals surface area contributed by atoms with Crippen molar-refractivity contribution in [1.82, 2.24) is 19.1 Å². The van der Waals surface area contributed by atoms with Crippen LogP contribution in [0.15, 0.2) is 65.8 Å². The molecule has 3 heterocycles. The van der Waals surface area contributed by atoms with Crippen LogP contribution in [0.3, 0.4) is 0 Å². The van der Waals surface area contributed by atoms with Crippen molar-refractivity contribution in [2.75, 3.05) is 19.6 Å². The highest BCUT2D eigenvalue weighted by Gasteiger charge is 2.40. The maximum atomic E-state index is 13.7. The number of pyridine rings is 1. The molecule has 2 fully saturated rings. The van der Waals surface area contributed by atoms with Crippen LogP contribution in [-0.2, 0) is 11.3 Å². The van der Waals surface area contributed by atoms with Gasteiger partial charge < -0.3 is 9.80 Å². The molecule has 3 aromatic rings. The smallest absolute Gasteiger partial charge is 0.241 e. The fraction of sp³-hybridized carbons (Fsp3) is 0.429. The first-order valence-corrected chi connectivity index (χ1v) is 13.7. The second-order valence-corrected chi connectivity index (χ2v) is 11.4. The first-order chi connectivity index (χ1) is 17.0. The minimum absolute atomic E-state index is 0.128. The van der Waals surface area contributed by atoms with Gasteiger partial charge in [-0.2, -0.15) is 0 Å². The van der Waals surface area contributed by atoms with Crippen LogP contribution < -0.4 is 0 Å². The van der Waals surface area contributed by atoms with Gasteiger partial charge in [0.25, 0.3) is 0 Å². The summed E-state index contributed by atoms with van der Waals surface area (Å²) in [6, 6.07) is 17.3. The Balaban J connectivity index is 1.34. The van der Waals surface area contributed by atoms with Crippen molar-refractivity contribution in [2.24, 2.45) is 0 Å². The largest absolute Gasteiger partial charge is 0.338 e. The quantitative estimate of drug-likeness (QED) is 0.373. The molecule has 1 atom stereocenters. The van der Waals surface area contributed by atoms with E-state index in [4.69, 9.17) is 11.6 Å². The van der Waals surface area contributed by atoms with E-state index < -0.39 is 0 Å². The lowest BCUT2D eigenvalue weighted by Crippen LogP contribution is -2.49. The minimum Gasteiger partial charge on any atom is -0.338 e. The predicted molar refractivity (Wildman–Crippen MR) is 144 cm³/mol. The summed E-state index contributed by atoms with van der Waals surface area (Å²) in [6.45, 7) is 8.21. The lowest BCUT2D eigenvalue weighted by molar-refractivity contribution is -0.133. The fourth-order valence-electron chi connectivity index (χ4n) is 5.29. The van der Waals surface area contributed by atoms with Gasteiger partial charge in [0, 0.05) is 60.6 Å². The number of rotatable bonds is 7. The second-order valence-electron chi connectivity index (χ2n) is 9.87. The molecule has 2 aliphatic rings. The van der Waals surface area contributed by atoms with Crippen LogP contribution in [0.5, 0.6) is 0 Å². The standard InChI is InChI=1S/C28H33ClN4OS/c1-20(2)31-14-9-25(10-15-31)32-16-11-27(28(32)34)33(19-21-7-12-30-13-8-21)35-26-6-4-22-17-24(29)5-3-23(22)18-26/h3-8,12-13,17-18,20,25,27H,9-11,14-16,19H2,1-2H3/t27-/m0/s1. The zero-order valence-electron chi connectivity index (χ0n) is 20.4. The Morgan fingerprint density at radius 2 is 1.71 bits per heavy atom. The highest BCUT2D eigenvalue weighted by atomic mass is 35.5. The number of halogens is 1. The molecule has 5 nitrogen and oxygen atoms in total. The third-order valence-corrected chi connectivity index (χ3v) is 8.63. The Hall–Kier alpha value is -2.12. The molecule has 7 heteroatoms. The Kier molecular flexibility index (Phi) is 7.63. The highest BCUT2D eigenvalue weighted by molar-refractivity contribution is 7.97. The summed E-state index contributed by atoms with van der Waals surface area (Å²) in [5, 5.41) is 3.02. The Morgan fingerprint density at radius 3 is 2.46 bits per heavy atom. The molecule has 5 rings (SSSR count). The number of amides is 1. The van der Waals surface area contributed by atoms with Crippen molar-refractivity contribution in [2.45, 2.75) is 62.7 Å². The number of carbonyl (C=O) groups is 1. The van der Waals surface area contributed by atoms with Crippen LogP contribution >= 0.6 is 23.5 Å². The second kappa shape index (κ2) is 10.9. The fourth-order valence-corrected chi connectivity index (χ4v) is 6.59. The van der Waals surface area contributed by atoms with E-state index in [2.05, 4.69) is 57.2 Å². The normalized spacial score (nSPS) is 20.0. The topological polar surface area (TPSA) is 39.7 Å². The van der Waals surface area contributed by atoms with Crippen LogP contribution in [0.25, 0.3) is 10.8 Å². The van der Waals surface area contributed by atoms with Gasteiger partial charge in [-0.25, -0.2) is 4.31 Å². The number of carbonyl (C=O) groups excluding carboxylic acids is 1.